The van der Waals surface area contributed by atoms with Gasteiger partial charge in [-0.2, -0.15) is 0 Å². The molecule has 0 radical (unpaired) electrons. The van der Waals surface area contributed by atoms with Crippen LogP contribution in [0, 0.1) is 12.8 Å². The molecule has 2 aromatic heterocycles. The summed E-state index contributed by atoms with van der Waals surface area (Å²) in [5.74, 6) is 2.41. The zero-order chi connectivity index (χ0) is 17.6. The molecule has 1 unspecified atom stereocenters. The van der Waals surface area contributed by atoms with Crippen molar-refractivity contribution in [2.24, 2.45) is 5.92 Å². The second-order valence-corrected chi connectivity index (χ2v) is 6.63. The van der Waals surface area contributed by atoms with E-state index in [1.807, 2.05) is 35.8 Å². The third kappa shape index (κ3) is 4.55. The average Bonchev–Trinajstić information content (AvgIpc) is 2.88. The van der Waals surface area contributed by atoms with Gasteiger partial charge in [0.15, 0.2) is 0 Å². The number of nitrogens with one attached hydrogen (secondary N) is 1. The van der Waals surface area contributed by atoms with Crippen LogP contribution in [0.5, 0.6) is 0 Å². The number of carbonyl (C=O) groups is 1. The van der Waals surface area contributed by atoms with Gasteiger partial charge in [-0.1, -0.05) is 0 Å². The number of hydrogen-bond acceptors (Lipinski definition) is 5. The predicted molar refractivity (Wildman–Crippen MR) is 96.2 cm³/mol. The van der Waals surface area contributed by atoms with Gasteiger partial charge in [-0.25, -0.2) is 9.97 Å². The first-order valence-corrected chi connectivity index (χ1v) is 8.90. The highest BCUT2D eigenvalue weighted by Gasteiger charge is 2.21. The van der Waals surface area contributed by atoms with Gasteiger partial charge >= 0.3 is 0 Å². The number of hydrogen-bond donors (Lipinski definition) is 1. The summed E-state index contributed by atoms with van der Waals surface area (Å²) >= 11 is 0. The Kier molecular flexibility index (Phi) is 5.63. The second-order valence-electron chi connectivity index (χ2n) is 6.63. The van der Waals surface area contributed by atoms with Crippen LogP contribution in [0.25, 0.3) is 0 Å². The number of carbonyl (C=O) groups excluding carboxylic acids is 1. The van der Waals surface area contributed by atoms with E-state index in [4.69, 9.17) is 0 Å². The van der Waals surface area contributed by atoms with Crippen molar-refractivity contribution < 1.29 is 4.79 Å². The molecule has 1 aliphatic rings. The summed E-state index contributed by atoms with van der Waals surface area (Å²) in [5.41, 5.74) is 1.03. The van der Waals surface area contributed by atoms with Crippen LogP contribution in [-0.2, 0) is 17.8 Å². The predicted octanol–water partition coefficient (Wildman–Crippen LogP) is 1.89. The second kappa shape index (κ2) is 8.09. The number of aromatic nitrogens is 4. The topological polar surface area (TPSA) is 75.9 Å². The van der Waals surface area contributed by atoms with E-state index in [-0.39, 0.29) is 5.91 Å². The van der Waals surface area contributed by atoms with Gasteiger partial charge in [0, 0.05) is 32.5 Å². The maximum Gasteiger partial charge on any atom is 0.242 e. The number of imidazole rings is 1. The summed E-state index contributed by atoms with van der Waals surface area (Å²) in [5, 5.41) is 2.98. The lowest BCUT2D eigenvalue weighted by molar-refractivity contribution is -0.131. The van der Waals surface area contributed by atoms with E-state index >= 15 is 0 Å². The Morgan fingerprint density at radius 3 is 2.80 bits per heavy atom. The Labute approximate surface area is 148 Å². The molecule has 1 fully saturated rings. The van der Waals surface area contributed by atoms with Crippen molar-refractivity contribution >= 4 is 11.7 Å². The number of amides is 1. The van der Waals surface area contributed by atoms with Crippen molar-refractivity contribution in [3.63, 3.8) is 0 Å². The van der Waals surface area contributed by atoms with Crippen LogP contribution in [0.3, 0.4) is 0 Å². The van der Waals surface area contributed by atoms with Gasteiger partial charge in [-0.3, -0.25) is 9.78 Å². The van der Waals surface area contributed by atoms with Gasteiger partial charge in [-0.05, 0) is 38.5 Å². The highest BCUT2D eigenvalue weighted by Crippen LogP contribution is 2.21. The molecule has 1 N–H and O–H groups in total. The van der Waals surface area contributed by atoms with Gasteiger partial charge in [0.05, 0.1) is 18.1 Å². The fraction of sp³-hybridized carbons (Fsp3) is 0.556. The van der Waals surface area contributed by atoms with E-state index in [0.29, 0.717) is 12.5 Å². The van der Waals surface area contributed by atoms with Crippen LogP contribution in [0.1, 0.15) is 30.8 Å². The highest BCUT2D eigenvalue weighted by molar-refractivity contribution is 5.76. The fourth-order valence-electron chi connectivity index (χ4n) is 3.32. The Balaban J connectivity index is 1.52. The molecule has 1 saturated heterocycles. The molecule has 0 spiro atoms. The lowest BCUT2D eigenvalue weighted by atomic mass is 9.95. The summed E-state index contributed by atoms with van der Waals surface area (Å²) in [7, 11) is 1.84. The molecule has 7 heteroatoms. The lowest BCUT2D eigenvalue weighted by Gasteiger charge is -2.21. The molecule has 25 heavy (non-hydrogen) atoms. The molecule has 1 aliphatic heterocycles. The van der Waals surface area contributed by atoms with Crippen molar-refractivity contribution in [3.05, 3.63) is 36.3 Å². The molecule has 7 nitrogen and oxygen atoms in total. The molecular weight excluding hydrogens is 316 g/mol. The summed E-state index contributed by atoms with van der Waals surface area (Å²) in [6.07, 6.45) is 11.3. The number of nitrogens with zero attached hydrogens (tertiary/aromatic N) is 5. The van der Waals surface area contributed by atoms with E-state index in [2.05, 4.69) is 20.3 Å². The molecule has 2 aromatic rings. The normalized spacial score (nSPS) is 18.0. The first-order chi connectivity index (χ1) is 12.2. The van der Waals surface area contributed by atoms with Gasteiger partial charge in [0.25, 0.3) is 0 Å². The molecule has 0 aromatic carbocycles. The summed E-state index contributed by atoms with van der Waals surface area (Å²) in [6, 6.07) is 0. The largest absolute Gasteiger partial charge is 0.372 e. The average molecular weight is 342 g/mol. The van der Waals surface area contributed by atoms with E-state index < -0.39 is 0 Å². The van der Waals surface area contributed by atoms with Crippen LogP contribution >= 0.6 is 0 Å². The molecular formula is C18H26N6O. The molecule has 1 atom stereocenters. The highest BCUT2D eigenvalue weighted by atomic mass is 16.2. The van der Waals surface area contributed by atoms with Crippen molar-refractivity contribution in [2.75, 3.05) is 25.5 Å². The first kappa shape index (κ1) is 17.4. The molecule has 3 heterocycles. The number of aryl methyl sites for hydroxylation is 1. The summed E-state index contributed by atoms with van der Waals surface area (Å²) in [4.78, 5) is 27.5. The summed E-state index contributed by atoms with van der Waals surface area (Å²) in [6.45, 7) is 3.96. The first-order valence-electron chi connectivity index (χ1n) is 8.90. The van der Waals surface area contributed by atoms with Crippen molar-refractivity contribution in [1.82, 2.24) is 24.4 Å². The Hall–Kier alpha value is -2.44. The van der Waals surface area contributed by atoms with E-state index in [1.54, 1.807) is 12.4 Å². The van der Waals surface area contributed by atoms with Crippen LogP contribution in [-0.4, -0.2) is 50.5 Å². The minimum atomic E-state index is 0.180. The van der Waals surface area contributed by atoms with Gasteiger partial charge in [0.2, 0.25) is 5.91 Å². The maximum absolute atomic E-state index is 12.6. The number of rotatable bonds is 5. The molecule has 0 saturated carbocycles. The van der Waals surface area contributed by atoms with Gasteiger partial charge < -0.3 is 14.8 Å². The smallest absolute Gasteiger partial charge is 0.242 e. The van der Waals surface area contributed by atoms with Gasteiger partial charge in [0.1, 0.15) is 18.2 Å². The number of anilines is 1. The Bertz CT molecular complexity index is 696. The Morgan fingerprint density at radius 1 is 1.24 bits per heavy atom. The van der Waals surface area contributed by atoms with E-state index in [1.165, 1.54) is 0 Å². The van der Waals surface area contributed by atoms with Crippen LogP contribution < -0.4 is 5.32 Å². The molecule has 3 rings (SSSR count). The van der Waals surface area contributed by atoms with Crippen molar-refractivity contribution in [2.45, 2.75) is 39.2 Å². The zero-order valence-electron chi connectivity index (χ0n) is 15.0. The SMILES string of the molecule is CNc1cnc(CC2CCCN(C(=O)Cn3ccnc3C)CC2)cn1. The molecule has 0 bridgehead atoms. The quantitative estimate of drug-likeness (QED) is 0.898. The van der Waals surface area contributed by atoms with E-state index in [0.717, 1.165) is 56.1 Å². The minimum Gasteiger partial charge on any atom is -0.372 e. The van der Waals surface area contributed by atoms with Crippen molar-refractivity contribution in [3.8, 4) is 0 Å². The number of likely N-dealkylation sites (tertiary alicyclic amines) is 1. The Morgan fingerprint density at radius 2 is 2.12 bits per heavy atom. The fourth-order valence-corrected chi connectivity index (χ4v) is 3.32. The standard InChI is InChI=1S/C18H26N6O/c1-14-20-6-9-24(14)13-18(25)23-7-3-4-15(5-8-23)10-16-11-22-17(19-2)12-21-16/h6,9,11-12,15H,3-5,7-8,10,13H2,1-2H3,(H,19,22). The molecule has 0 aliphatic carbocycles. The van der Waals surface area contributed by atoms with E-state index in [9.17, 15) is 4.79 Å². The maximum atomic E-state index is 12.6. The minimum absolute atomic E-state index is 0.180. The monoisotopic (exact) mass is 342 g/mol. The molecule has 134 valence electrons. The third-order valence-electron chi connectivity index (χ3n) is 4.89. The summed E-state index contributed by atoms with van der Waals surface area (Å²) < 4.78 is 1.91. The van der Waals surface area contributed by atoms with Crippen molar-refractivity contribution in [1.29, 1.82) is 0 Å². The van der Waals surface area contributed by atoms with Crippen LogP contribution in [0.15, 0.2) is 24.8 Å². The van der Waals surface area contributed by atoms with Crippen LogP contribution in [0.2, 0.25) is 0 Å². The lowest BCUT2D eigenvalue weighted by Crippen LogP contribution is -2.34. The van der Waals surface area contributed by atoms with Crippen LogP contribution in [0.4, 0.5) is 5.82 Å². The molecule has 1 amide bonds. The van der Waals surface area contributed by atoms with Gasteiger partial charge in [-0.15, -0.1) is 0 Å². The zero-order valence-corrected chi connectivity index (χ0v) is 15.0. The third-order valence-corrected chi connectivity index (χ3v) is 4.89.